The van der Waals surface area contributed by atoms with E-state index in [1.165, 1.54) is 6.20 Å². The van der Waals surface area contributed by atoms with Gasteiger partial charge >= 0.3 is 0 Å². The SMILES string of the molecule is CCc1ncc2c(n1)CN(C(=O)c1cnc(C)cn1)C2. The smallest absolute Gasteiger partial charge is 0.274 e. The summed E-state index contributed by atoms with van der Waals surface area (Å²) in [6.07, 6.45) is 5.73. The van der Waals surface area contributed by atoms with Gasteiger partial charge in [-0.15, -0.1) is 0 Å². The lowest BCUT2D eigenvalue weighted by Crippen LogP contribution is -2.26. The van der Waals surface area contributed by atoms with Gasteiger partial charge in [-0.3, -0.25) is 9.78 Å². The molecule has 6 heteroatoms. The molecule has 1 amide bonds. The van der Waals surface area contributed by atoms with Crippen molar-refractivity contribution in [1.29, 1.82) is 0 Å². The van der Waals surface area contributed by atoms with E-state index in [0.29, 0.717) is 18.8 Å². The van der Waals surface area contributed by atoms with E-state index in [1.807, 2.05) is 20.0 Å². The maximum absolute atomic E-state index is 12.4. The standard InChI is InChI=1S/C14H15N5O/c1-3-13-17-5-10-7-19(8-12(10)18-13)14(20)11-6-15-9(2)4-16-11/h4-6H,3,7-8H2,1-2H3. The second-order valence-corrected chi connectivity index (χ2v) is 4.82. The first-order valence-corrected chi connectivity index (χ1v) is 6.59. The normalized spacial score (nSPS) is 13.4. The Balaban J connectivity index is 1.81. The number of nitrogens with zero attached hydrogens (tertiary/aromatic N) is 5. The van der Waals surface area contributed by atoms with Crippen LogP contribution in [0.1, 0.15) is 40.2 Å². The molecule has 0 saturated carbocycles. The Hall–Kier alpha value is -2.37. The average molecular weight is 269 g/mol. The van der Waals surface area contributed by atoms with Crippen LogP contribution in [0.25, 0.3) is 0 Å². The van der Waals surface area contributed by atoms with Crippen LogP contribution in [0.4, 0.5) is 0 Å². The van der Waals surface area contributed by atoms with Crippen LogP contribution in [0.5, 0.6) is 0 Å². The van der Waals surface area contributed by atoms with Gasteiger partial charge in [-0.05, 0) is 6.92 Å². The van der Waals surface area contributed by atoms with E-state index in [2.05, 4.69) is 19.9 Å². The molecule has 0 radical (unpaired) electrons. The molecule has 0 spiro atoms. The molecule has 3 heterocycles. The molecule has 20 heavy (non-hydrogen) atoms. The Bertz CT molecular complexity index is 653. The first-order valence-electron chi connectivity index (χ1n) is 6.59. The molecule has 0 bridgehead atoms. The minimum Gasteiger partial charge on any atom is -0.327 e. The Kier molecular flexibility index (Phi) is 3.14. The van der Waals surface area contributed by atoms with Gasteiger partial charge in [0.05, 0.1) is 24.1 Å². The van der Waals surface area contributed by atoms with Crippen LogP contribution >= 0.6 is 0 Å². The fraction of sp³-hybridized carbons (Fsp3) is 0.357. The lowest BCUT2D eigenvalue weighted by molar-refractivity contribution is 0.0744. The van der Waals surface area contributed by atoms with Gasteiger partial charge in [-0.25, -0.2) is 15.0 Å². The Morgan fingerprint density at radius 3 is 2.75 bits per heavy atom. The predicted molar refractivity (Wildman–Crippen MR) is 71.8 cm³/mol. The number of fused-ring (bicyclic) bond motifs is 1. The third-order valence-corrected chi connectivity index (χ3v) is 3.31. The fourth-order valence-corrected chi connectivity index (χ4v) is 2.17. The second-order valence-electron chi connectivity index (χ2n) is 4.82. The van der Waals surface area contributed by atoms with Crippen molar-refractivity contribution in [2.24, 2.45) is 0 Å². The summed E-state index contributed by atoms with van der Waals surface area (Å²) in [6, 6.07) is 0. The van der Waals surface area contributed by atoms with Crippen LogP contribution in [0, 0.1) is 6.92 Å². The van der Waals surface area contributed by atoms with Crippen LogP contribution in [-0.2, 0) is 19.5 Å². The molecule has 2 aromatic heterocycles. The van der Waals surface area contributed by atoms with E-state index in [0.717, 1.165) is 29.2 Å². The molecule has 3 rings (SSSR count). The molecular formula is C14H15N5O. The quantitative estimate of drug-likeness (QED) is 0.821. The highest BCUT2D eigenvalue weighted by Crippen LogP contribution is 2.21. The molecule has 0 atom stereocenters. The number of rotatable bonds is 2. The largest absolute Gasteiger partial charge is 0.327 e. The Morgan fingerprint density at radius 1 is 1.20 bits per heavy atom. The van der Waals surface area contributed by atoms with Crippen molar-refractivity contribution in [2.45, 2.75) is 33.4 Å². The molecule has 0 N–H and O–H groups in total. The number of aromatic nitrogens is 4. The molecule has 6 nitrogen and oxygen atoms in total. The van der Waals surface area contributed by atoms with Crippen molar-refractivity contribution >= 4 is 5.91 Å². The van der Waals surface area contributed by atoms with Gasteiger partial charge in [-0.2, -0.15) is 0 Å². The maximum atomic E-state index is 12.4. The number of hydrogen-bond donors (Lipinski definition) is 0. The van der Waals surface area contributed by atoms with E-state index in [9.17, 15) is 4.79 Å². The highest BCUT2D eigenvalue weighted by Gasteiger charge is 2.26. The fourth-order valence-electron chi connectivity index (χ4n) is 2.17. The van der Waals surface area contributed by atoms with Crippen molar-refractivity contribution in [3.8, 4) is 0 Å². The van der Waals surface area contributed by atoms with Crippen molar-refractivity contribution < 1.29 is 4.79 Å². The lowest BCUT2D eigenvalue weighted by Gasteiger charge is -2.13. The van der Waals surface area contributed by atoms with Crippen LogP contribution in [0.2, 0.25) is 0 Å². The molecule has 102 valence electrons. The van der Waals surface area contributed by atoms with E-state index in [4.69, 9.17) is 0 Å². The number of carbonyl (C=O) groups is 1. The van der Waals surface area contributed by atoms with Crippen LogP contribution in [0.15, 0.2) is 18.6 Å². The van der Waals surface area contributed by atoms with Crippen molar-refractivity contribution in [2.75, 3.05) is 0 Å². The molecule has 0 fully saturated rings. The third-order valence-electron chi connectivity index (χ3n) is 3.31. The monoisotopic (exact) mass is 269 g/mol. The number of aryl methyl sites for hydroxylation is 2. The number of amides is 1. The van der Waals surface area contributed by atoms with Crippen LogP contribution in [-0.4, -0.2) is 30.7 Å². The molecule has 0 unspecified atom stereocenters. The third kappa shape index (κ3) is 2.24. The molecular weight excluding hydrogens is 254 g/mol. The van der Waals surface area contributed by atoms with Gasteiger partial charge in [0.2, 0.25) is 0 Å². The van der Waals surface area contributed by atoms with Gasteiger partial charge in [-0.1, -0.05) is 6.92 Å². The summed E-state index contributed by atoms with van der Waals surface area (Å²) in [7, 11) is 0. The first kappa shape index (κ1) is 12.7. The number of carbonyl (C=O) groups excluding carboxylic acids is 1. The van der Waals surface area contributed by atoms with E-state index >= 15 is 0 Å². The second kappa shape index (κ2) is 4.96. The minimum atomic E-state index is -0.117. The lowest BCUT2D eigenvalue weighted by atomic mass is 10.3. The van der Waals surface area contributed by atoms with E-state index in [1.54, 1.807) is 11.1 Å². The van der Waals surface area contributed by atoms with E-state index < -0.39 is 0 Å². The highest BCUT2D eigenvalue weighted by molar-refractivity contribution is 5.92. The van der Waals surface area contributed by atoms with Crippen LogP contribution in [0.3, 0.4) is 0 Å². The summed E-state index contributed by atoms with van der Waals surface area (Å²) < 4.78 is 0. The molecule has 1 aliphatic heterocycles. The molecule has 0 aromatic carbocycles. The number of hydrogen-bond acceptors (Lipinski definition) is 5. The summed E-state index contributed by atoms with van der Waals surface area (Å²) in [6.45, 7) is 4.91. The van der Waals surface area contributed by atoms with Crippen molar-refractivity contribution in [1.82, 2.24) is 24.8 Å². The Morgan fingerprint density at radius 2 is 2.05 bits per heavy atom. The molecule has 1 aliphatic rings. The summed E-state index contributed by atoms with van der Waals surface area (Å²) in [5.41, 5.74) is 3.11. The van der Waals surface area contributed by atoms with Crippen molar-refractivity contribution in [3.63, 3.8) is 0 Å². The highest BCUT2D eigenvalue weighted by atomic mass is 16.2. The zero-order valence-corrected chi connectivity index (χ0v) is 11.5. The molecule has 0 saturated heterocycles. The van der Waals surface area contributed by atoms with Gasteiger partial charge in [0, 0.05) is 30.9 Å². The van der Waals surface area contributed by atoms with Gasteiger partial charge < -0.3 is 4.90 Å². The average Bonchev–Trinajstić information content (AvgIpc) is 2.90. The maximum Gasteiger partial charge on any atom is 0.274 e. The topological polar surface area (TPSA) is 71.9 Å². The summed E-state index contributed by atoms with van der Waals surface area (Å²) in [5.74, 6) is 0.696. The van der Waals surface area contributed by atoms with Gasteiger partial charge in [0.1, 0.15) is 11.5 Å². The molecule has 2 aromatic rings. The zero-order valence-electron chi connectivity index (χ0n) is 11.5. The van der Waals surface area contributed by atoms with E-state index in [-0.39, 0.29) is 5.91 Å². The van der Waals surface area contributed by atoms with Crippen LogP contribution < -0.4 is 0 Å². The Labute approximate surface area is 116 Å². The summed E-state index contributed by atoms with van der Waals surface area (Å²) in [5, 5.41) is 0. The zero-order chi connectivity index (χ0) is 14.1. The first-order chi connectivity index (χ1) is 9.67. The predicted octanol–water partition coefficient (Wildman–Crippen LogP) is 1.29. The summed E-state index contributed by atoms with van der Waals surface area (Å²) in [4.78, 5) is 31.1. The van der Waals surface area contributed by atoms with Gasteiger partial charge in [0.25, 0.3) is 5.91 Å². The minimum absolute atomic E-state index is 0.117. The van der Waals surface area contributed by atoms with Gasteiger partial charge in [0.15, 0.2) is 0 Å². The summed E-state index contributed by atoms with van der Waals surface area (Å²) >= 11 is 0. The van der Waals surface area contributed by atoms with Crippen molar-refractivity contribution in [3.05, 3.63) is 47.1 Å². The molecule has 0 aliphatic carbocycles.